The highest BCUT2D eigenvalue weighted by atomic mass is 16.5. The number of hydrogen-bond donors (Lipinski definition) is 1. The van der Waals surface area contributed by atoms with Gasteiger partial charge in [-0.15, -0.1) is 0 Å². The van der Waals surface area contributed by atoms with Crippen LogP contribution >= 0.6 is 0 Å². The maximum Gasteiger partial charge on any atom is 0.194 e. The number of ether oxygens (including phenoxy) is 1. The van der Waals surface area contributed by atoms with Crippen molar-refractivity contribution < 1.29 is 4.74 Å². The summed E-state index contributed by atoms with van der Waals surface area (Å²) < 4.78 is 7.84. The fourth-order valence-corrected chi connectivity index (χ4v) is 4.55. The molecule has 1 unspecified atom stereocenters. The largest absolute Gasteiger partial charge is 0.370 e. The normalized spacial score (nSPS) is 21.2. The number of piperidine rings is 1. The summed E-state index contributed by atoms with van der Waals surface area (Å²) in [6, 6.07) is 8.93. The fourth-order valence-electron chi connectivity index (χ4n) is 4.55. The Bertz CT molecular complexity index is 886. The predicted molar refractivity (Wildman–Crippen MR) is 128 cm³/mol. The topological polar surface area (TPSA) is 57.9 Å². The van der Waals surface area contributed by atoms with E-state index >= 15 is 0 Å². The molecule has 32 heavy (non-hydrogen) atoms. The van der Waals surface area contributed by atoms with Gasteiger partial charge in [-0.3, -0.25) is 9.58 Å². The zero-order valence-electron chi connectivity index (χ0n) is 19.8. The summed E-state index contributed by atoms with van der Waals surface area (Å²) in [5, 5.41) is 7.77. The van der Waals surface area contributed by atoms with E-state index in [1.807, 2.05) is 24.1 Å². The molecular formula is C25H38N6O. The van der Waals surface area contributed by atoms with Crippen LogP contribution in [0.1, 0.15) is 49.5 Å². The minimum Gasteiger partial charge on any atom is -0.370 e. The summed E-state index contributed by atoms with van der Waals surface area (Å²) in [4.78, 5) is 9.87. The molecule has 1 aromatic carbocycles. The van der Waals surface area contributed by atoms with Crippen LogP contribution in [0.5, 0.6) is 0 Å². The van der Waals surface area contributed by atoms with E-state index in [4.69, 9.17) is 9.73 Å². The molecule has 2 aliphatic heterocycles. The standard InChI is InChI=1S/C25H38N6O/c1-4-26-25(31-12-13-32-24(19-31)23-16-28-29(3)18-23)27-15-21-6-5-7-22(14-21)17-30-10-8-20(2)9-11-30/h5-7,14,16,18,20,24H,4,8-13,15,17,19H2,1-3H3,(H,26,27). The van der Waals surface area contributed by atoms with Crippen molar-refractivity contribution in [2.75, 3.05) is 39.3 Å². The predicted octanol–water partition coefficient (Wildman–Crippen LogP) is 3.19. The number of aromatic nitrogens is 2. The van der Waals surface area contributed by atoms with E-state index in [0.717, 1.165) is 43.6 Å². The number of aryl methyl sites for hydroxylation is 1. The Labute approximate surface area is 192 Å². The molecule has 2 saturated heterocycles. The van der Waals surface area contributed by atoms with E-state index in [1.165, 1.54) is 37.1 Å². The molecule has 4 rings (SSSR count). The zero-order chi connectivity index (χ0) is 22.3. The first-order valence-corrected chi connectivity index (χ1v) is 12.0. The third-order valence-electron chi connectivity index (χ3n) is 6.48. The first kappa shape index (κ1) is 22.8. The number of nitrogens with zero attached hydrogens (tertiary/aromatic N) is 5. The Kier molecular flexibility index (Phi) is 7.81. The molecule has 0 amide bonds. The minimum absolute atomic E-state index is 0.0249. The van der Waals surface area contributed by atoms with Gasteiger partial charge in [-0.25, -0.2) is 4.99 Å². The van der Waals surface area contributed by atoms with Crippen molar-refractivity contribution in [2.24, 2.45) is 18.0 Å². The van der Waals surface area contributed by atoms with Crippen LogP contribution in [-0.2, 0) is 24.9 Å². The molecule has 7 nitrogen and oxygen atoms in total. The molecule has 2 aromatic rings. The lowest BCUT2D eigenvalue weighted by molar-refractivity contribution is -0.00805. The van der Waals surface area contributed by atoms with Crippen molar-refractivity contribution in [1.29, 1.82) is 0 Å². The van der Waals surface area contributed by atoms with Crippen molar-refractivity contribution in [1.82, 2.24) is 24.9 Å². The molecule has 174 valence electrons. The second-order valence-corrected chi connectivity index (χ2v) is 9.20. The van der Waals surface area contributed by atoms with Crippen LogP contribution in [0, 0.1) is 5.92 Å². The molecule has 0 radical (unpaired) electrons. The summed E-state index contributed by atoms with van der Waals surface area (Å²) >= 11 is 0. The number of likely N-dealkylation sites (tertiary alicyclic amines) is 1. The van der Waals surface area contributed by atoms with Gasteiger partial charge >= 0.3 is 0 Å². The minimum atomic E-state index is 0.0249. The van der Waals surface area contributed by atoms with Gasteiger partial charge in [-0.05, 0) is 49.9 Å². The van der Waals surface area contributed by atoms with Gasteiger partial charge in [0.15, 0.2) is 5.96 Å². The SMILES string of the molecule is CCNC(=NCc1cccc(CN2CCC(C)CC2)c1)N1CCOC(c2cnn(C)c2)C1. The lowest BCUT2D eigenvalue weighted by atomic mass is 9.98. The Morgan fingerprint density at radius 2 is 2.03 bits per heavy atom. The van der Waals surface area contributed by atoms with Gasteiger partial charge < -0.3 is 15.0 Å². The Hall–Kier alpha value is -2.38. The van der Waals surface area contributed by atoms with Crippen LogP contribution in [0.2, 0.25) is 0 Å². The zero-order valence-corrected chi connectivity index (χ0v) is 19.8. The van der Waals surface area contributed by atoms with Gasteiger partial charge in [0.2, 0.25) is 0 Å². The second-order valence-electron chi connectivity index (χ2n) is 9.20. The first-order valence-electron chi connectivity index (χ1n) is 12.0. The molecule has 0 spiro atoms. The molecule has 0 bridgehead atoms. The van der Waals surface area contributed by atoms with Crippen molar-refractivity contribution >= 4 is 5.96 Å². The second kappa shape index (κ2) is 11.0. The number of benzene rings is 1. The number of rotatable bonds is 6. The molecule has 0 saturated carbocycles. The van der Waals surface area contributed by atoms with Crippen molar-refractivity contribution in [3.05, 3.63) is 53.3 Å². The van der Waals surface area contributed by atoms with Crippen molar-refractivity contribution in [3.8, 4) is 0 Å². The van der Waals surface area contributed by atoms with Crippen molar-refractivity contribution in [2.45, 2.75) is 45.9 Å². The number of morpholine rings is 1. The maximum atomic E-state index is 6.01. The average molecular weight is 439 g/mol. The summed E-state index contributed by atoms with van der Waals surface area (Å²) in [6.45, 7) is 11.8. The molecule has 0 aliphatic carbocycles. The van der Waals surface area contributed by atoms with Gasteiger partial charge in [0.25, 0.3) is 0 Å². The smallest absolute Gasteiger partial charge is 0.194 e. The molecular weight excluding hydrogens is 400 g/mol. The van der Waals surface area contributed by atoms with Gasteiger partial charge in [-0.2, -0.15) is 5.10 Å². The summed E-state index contributed by atoms with van der Waals surface area (Å²) in [7, 11) is 1.94. The number of hydrogen-bond acceptors (Lipinski definition) is 4. The third-order valence-corrected chi connectivity index (χ3v) is 6.48. The molecule has 1 atom stereocenters. The van der Waals surface area contributed by atoms with Gasteiger partial charge in [0, 0.05) is 38.4 Å². The van der Waals surface area contributed by atoms with Gasteiger partial charge in [-0.1, -0.05) is 31.2 Å². The van der Waals surface area contributed by atoms with Crippen LogP contribution in [0.4, 0.5) is 0 Å². The number of aliphatic imine (C=N–C) groups is 1. The highest BCUT2D eigenvalue weighted by Gasteiger charge is 2.25. The van der Waals surface area contributed by atoms with E-state index in [0.29, 0.717) is 13.2 Å². The quantitative estimate of drug-likeness (QED) is 0.555. The molecule has 7 heteroatoms. The average Bonchev–Trinajstić information content (AvgIpc) is 3.25. The van der Waals surface area contributed by atoms with Crippen LogP contribution in [-0.4, -0.2) is 64.9 Å². The maximum absolute atomic E-state index is 6.01. The van der Waals surface area contributed by atoms with E-state index in [1.54, 1.807) is 0 Å². The monoisotopic (exact) mass is 438 g/mol. The van der Waals surface area contributed by atoms with E-state index in [9.17, 15) is 0 Å². The van der Waals surface area contributed by atoms with E-state index in [2.05, 4.69) is 58.3 Å². The number of nitrogens with one attached hydrogen (secondary N) is 1. The summed E-state index contributed by atoms with van der Waals surface area (Å²) in [5.74, 6) is 1.83. The lowest BCUT2D eigenvalue weighted by Gasteiger charge is -2.34. The van der Waals surface area contributed by atoms with Gasteiger partial charge in [0.1, 0.15) is 6.10 Å². The van der Waals surface area contributed by atoms with Crippen LogP contribution < -0.4 is 5.32 Å². The Balaban J connectivity index is 1.39. The molecule has 1 N–H and O–H groups in total. The van der Waals surface area contributed by atoms with E-state index in [-0.39, 0.29) is 6.10 Å². The molecule has 2 fully saturated rings. The Morgan fingerprint density at radius 3 is 2.78 bits per heavy atom. The summed E-state index contributed by atoms with van der Waals surface area (Å²) in [5.41, 5.74) is 3.77. The fraction of sp³-hybridized carbons (Fsp3) is 0.600. The highest BCUT2D eigenvalue weighted by molar-refractivity contribution is 5.80. The Morgan fingerprint density at radius 1 is 1.22 bits per heavy atom. The first-order chi connectivity index (χ1) is 15.6. The van der Waals surface area contributed by atoms with Crippen LogP contribution in [0.15, 0.2) is 41.7 Å². The molecule has 1 aromatic heterocycles. The van der Waals surface area contributed by atoms with Gasteiger partial charge in [0.05, 0.1) is 25.9 Å². The van der Waals surface area contributed by atoms with E-state index < -0.39 is 0 Å². The molecule has 2 aliphatic rings. The highest BCUT2D eigenvalue weighted by Crippen LogP contribution is 2.22. The lowest BCUT2D eigenvalue weighted by Crippen LogP contribution is -2.48. The molecule has 3 heterocycles. The van der Waals surface area contributed by atoms with Crippen LogP contribution in [0.25, 0.3) is 0 Å². The number of guanidine groups is 1. The van der Waals surface area contributed by atoms with Crippen molar-refractivity contribution in [3.63, 3.8) is 0 Å². The van der Waals surface area contributed by atoms with Crippen LogP contribution in [0.3, 0.4) is 0 Å². The summed E-state index contributed by atoms with van der Waals surface area (Å²) in [6.07, 6.45) is 6.59. The third kappa shape index (κ3) is 6.11.